The molecule has 0 aliphatic heterocycles. The summed E-state index contributed by atoms with van der Waals surface area (Å²) in [6, 6.07) is 3.88. The Kier molecular flexibility index (Phi) is 3.99. The molecule has 1 fully saturated rings. The molecule has 0 radical (unpaired) electrons. The summed E-state index contributed by atoms with van der Waals surface area (Å²) in [6.07, 6.45) is 2.53. The lowest BCUT2D eigenvalue weighted by Gasteiger charge is -2.05. The monoisotopic (exact) mass is 256 g/mol. The maximum atomic E-state index is 9.48. The number of benzene rings is 1. The second-order valence-electron chi connectivity index (χ2n) is 3.43. The molecule has 0 amide bonds. The highest BCUT2D eigenvalue weighted by Gasteiger charge is 2.26. The van der Waals surface area contributed by atoms with E-state index in [1.807, 2.05) is 32.9 Å². The minimum Gasteiger partial charge on any atom is -0.508 e. The van der Waals surface area contributed by atoms with Crippen LogP contribution in [0.5, 0.6) is 5.75 Å². The van der Waals surface area contributed by atoms with Crippen LogP contribution in [0.1, 0.15) is 43.7 Å². The Hall–Kier alpha value is -0.500. The van der Waals surface area contributed by atoms with Gasteiger partial charge < -0.3 is 5.11 Å². The van der Waals surface area contributed by atoms with E-state index in [0.29, 0.717) is 11.7 Å². The number of aryl methyl sites for hydroxylation is 1. The highest BCUT2D eigenvalue weighted by Crippen LogP contribution is 2.44. The molecule has 14 heavy (non-hydrogen) atoms. The summed E-state index contributed by atoms with van der Waals surface area (Å²) in [7, 11) is 0. The number of hydrogen-bond acceptors (Lipinski definition) is 1. The van der Waals surface area contributed by atoms with Gasteiger partial charge in [-0.2, -0.15) is 0 Å². The first-order chi connectivity index (χ1) is 6.68. The third-order valence-electron chi connectivity index (χ3n) is 2.33. The molecule has 0 aromatic heterocycles. The maximum Gasteiger partial charge on any atom is 0.118 e. The average Bonchev–Trinajstić information content (AvgIpc) is 2.98. The molecule has 1 aromatic carbocycles. The van der Waals surface area contributed by atoms with E-state index in [2.05, 4.69) is 15.9 Å². The molecule has 0 atom stereocenters. The van der Waals surface area contributed by atoms with Crippen LogP contribution in [-0.2, 0) is 0 Å². The highest BCUT2D eigenvalue weighted by molar-refractivity contribution is 9.10. The number of halogens is 1. The van der Waals surface area contributed by atoms with Gasteiger partial charge in [0.2, 0.25) is 0 Å². The zero-order valence-electron chi connectivity index (χ0n) is 8.97. The predicted molar refractivity (Wildman–Crippen MR) is 63.9 cm³/mol. The predicted octanol–water partition coefficient (Wildman–Crippen LogP) is 4.37. The van der Waals surface area contributed by atoms with E-state index in [0.717, 1.165) is 10.0 Å². The van der Waals surface area contributed by atoms with Crippen LogP contribution in [-0.4, -0.2) is 5.11 Å². The van der Waals surface area contributed by atoms with Crippen molar-refractivity contribution in [2.75, 3.05) is 0 Å². The van der Waals surface area contributed by atoms with Crippen molar-refractivity contribution in [3.05, 3.63) is 27.7 Å². The largest absolute Gasteiger partial charge is 0.508 e. The van der Waals surface area contributed by atoms with Crippen molar-refractivity contribution in [1.29, 1.82) is 0 Å². The summed E-state index contributed by atoms with van der Waals surface area (Å²) < 4.78 is 1.14. The second kappa shape index (κ2) is 4.83. The zero-order chi connectivity index (χ0) is 10.7. The van der Waals surface area contributed by atoms with Gasteiger partial charge in [0.15, 0.2) is 0 Å². The molecule has 1 aliphatic rings. The van der Waals surface area contributed by atoms with Gasteiger partial charge in [-0.25, -0.2) is 0 Å². The number of phenols is 1. The van der Waals surface area contributed by atoms with Crippen molar-refractivity contribution in [2.45, 2.75) is 39.5 Å². The molecule has 0 saturated heterocycles. The summed E-state index contributed by atoms with van der Waals surface area (Å²) in [5.41, 5.74) is 2.20. The van der Waals surface area contributed by atoms with E-state index in [-0.39, 0.29) is 0 Å². The molecule has 0 bridgehead atoms. The van der Waals surface area contributed by atoms with Gasteiger partial charge in [-0.3, -0.25) is 0 Å². The van der Waals surface area contributed by atoms with Crippen LogP contribution in [0.2, 0.25) is 0 Å². The first kappa shape index (κ1) is 11.6. The van der Waals surface area contributed by atoms with Crippen molar-refractivity contribution in [1.82, 2.24) is 0 Å². The topological polar surface area (TPSA) is 20.2 Å². The summed E-state index contributed by atoms with van der Waals surface area (Å²) in [4.78, 5) is 0. The average molecular weight is 257 g/mol. The number of phenolic OH excluding ortho intramolecular Hbond substituents is 1. The molecular weight excluding hydrogens is 240 g/mol. The van der Waals surface area contributed by atoms with Crippen molar-refractivity contribution in [3.8, 4) is 5.75 Å². The minimum atomic E-state index is 0.417. The van der Waals surface area contributed by atoms with Gasteiger partial charge in [0.25, 0.3) is 0 Å². The van der Waals surface area contributed by atoms with Gasteiger partial charge in [0, 0.05) is 4.47 Å². The van der Waals surface area contributed by atoms with Gasteiger partial charge in [-0.05, 0) is 48.9 Å². The van der Waals surface area contributed by atoms with Crippen LogP contribution in [0.25, 0.3) is 0 Å². The minimum absolute atomic E-state index is 0.417. The summed E-state index contributed by atoms with van der Waals surface area (Å²) in [6.45, 7) is 5.91. The zero-order valence-corrected chi connectivity index (χ0v) is 10.6. The first-order valence-corrected chi connectivity index (χ1v) is 5.97. The lowest BCUT2D eigenvalue weighted by molar-refractivity contribution is 0.470. The Balaban J connectivity index is 0.000000461. The normalized spacial score (nSPS) is 14.6. The lowest BCUT2D eigenvalue weighted by Crippen LogP contribution is -1.84. The van der Waals surface area contributed by atoms with Crippen LogP contribution in [0.3, 0.4) is 0 Å². The lowest BCUT2D eigenvalue weighted by atomic mass is 10.1. The molecule has 1 N–H and O–H groups in total. The molecule has 0 unspecified atom stereocenters. The smallest absolute Gasteiger partial charge is 0.118 e. The Morgan fingerprint density at radius 3 is 2.36 bits per heavy atom. The molecule has 2 rings (SSSR count). The van der Waals surface area contributed by atoms with Crippen molar-refractivity contribution in [3.63, 3.8) is 0 Å². The third kappa shape index (κ3) is 2.50. The fourth-order valence-electron chi connectivity index (χ4n) is 1.38. The molecular formula is C12H17BrO. The highest BCUT2D eigenvalue weighted by atomic mass is 79.9. The van der Waals surface area contributed by atoms with E-state index in [9.17, 15) is 5.11 Å². The Morgan fingerprint density at radius 1 is 1.29 bits per heavy atom. The van der Waals surface area contributed by atoms with Crippen molar-refractivity contribution in [2.24, 2.45) is 0 Å². The number of hydrogen-bond donors (Lipinski definition) is 1. The Bertz CT molecular complexity index is 316. The third-order valence-corrected chi connectivity index (χ3v) is 3.02. The first-order valence-electron chi connectivity index (χ1n) is 5.17. The van der Waals surface area contributed by atoms with E-state index < -0.39 is 0 Å². The van der Waals surface area contributed by atoms with Gasteiger partial charge >= 0.3 is 0 Å². The Morgan fingerprint density at radius 2 is 1.86 bits per heavy atom. The van der Waals surface area contributed by atoms with E-state index in [4.69, 9.17) is 0 Å². The van der Waals surface area contributed by atoms with E-state index in [1.165, 1.54) is 18.4 Å². The fourth-order valence-corrected chi connectivity index (χ4v) is 2.17. The molecule has 1 nitrogen and oxygen atoms in total. The summed E-state index contributed by atoms with van der Waals surface area (Å²) in [5.74, 6) is 1.10. The molecule has 0 spiro atoms. The molecule has 0 heterocycles. The van der Waals surface area contributed by atoms with Crippen LogP contribution in [0, 0.1) is 6.92 Å². The standard InChI is InChI=1S/C10H11BrO.C2H6/c1-6-4-9(11)8(5-10(6)12)7-2-3-7;1-2/h4-5,7,12H,2-3H2,1H3;1-2H3. The SMILES string of the molecule is CC.Cc1cc(Br)c(C2CC2)cc1O. The van der Waals surface area contributed by atoms with Crippen molar-refractivity contribution < 1.29 is 5.11 Å². The van der Waals surface area contributed by atoms with E-state index in [1.54, 1.807) is 0 Å². The molecule has 2 heteroatoms. The number of rotatable bonds is 1. The van der Waals surface area contributed by atoms with Gasteiger partial charge in [-0.15, -0.1) is 0 Å². The van der Waals surface area contributed by atoms with Crippen LogP contribution in [0.4, 0.5) is 0 Å². The van der Waals surface area contributed by atoms with Crippen LogP contribution >= 0.6 is 15.9 Å². The molecule has 1 aliphatic carbocycles. The van der Waals surface area contributed by atoms with Gasteiger partial charge in [0.05, 0.1) is 0 Å². The fraction of sp³-hybridized carbons (Fsp3) is 0.500. The molecule has 1 aromatic rings. The molecule has 1 saturated carbocycles. The quantitative estimate of drug-likeness (QED) is 0.792. The van der Waals surface area contributed by atoms with Crippen LogP contribution in [0.15, 0.2) is 16.6 Å². The maximum absolute atomic E-state index is 9.48. The molecule has 78 valence electrons. The Labute approximate surface area is 94.3 Å². The number of aromatic hydroxyl groups is 1. The summed E-state index contributed by atoms with van der Waals surface area (Å²) >= 11 is 3.51. The van der Waals surface area contributed by atoms with Gasteiger partial charge in [-0.1, -0.05) is 29.8 Å². The van der Waals surface area contributed by atoms with E-state index >= 15 is 0 Å². The van der Waals surface area contributed by atoms with Crippen molar-refractivity contribution >= 4 is 15.9 Å². The van der Waals surface area contributed by atoms with Gasteiger partial charge in [0.1, 0.15) is 5.75 Å². The second-order valence-corrected chi connectivity index (χ2v) is 4.29. The van der Waals surface area contributed by atoms with Crippen LogP contribution < -0.4 is 0 Å². The summed E-state index contributed by atoms with van der Waals surface area (Å²) in [5, 5.41) is 9.48.